The van der Waals surface area contributed by atoms with E-state index in [-0.39, 0.29) is 0 Å². The molecule has 0 bridgehead atoms. The fraction of sp³-hybridized carbons (Fsp3) is 0.235. The lowest BCUT2D eigenvalue weighted by molar-refractivity contribution is 0.758. The average molecular weight is 297 g/mol. The largest absolute Gasteiger partial charge is 0.399 e. The summed E-state index contributed by atoms with van der Waals surface area (Å²) in [4.78, 5) is 6.97. The molecule has 0 aliphatic rings. The average Bonchev–Trinajstić information content (AvgIpc) is 2.97. The summed E-state index contributed by atoms with van der Waals surface area (Å²) in [6.07, 6.45) is 3.00. The van der Waals surface area contributed by atoms with Crippen LogP contribution in [0.3, 0.4) is 0 Å². The van der Waals surface area contributed by atoms with E-state index in [4.69, 9.17) is 5.73 Å². The zero-order valence-electron chi connectivity index (χ0n) is 12.1. The number of rotatable bonds is 5. The first-order valence-electron chi connectivity index (χ1n) is 7.19. The molecule has 0 atom stereocenters. The van der Waals surface area contributed by atoms with Crippen LogP contribution in [0, 0.1) is 0 Å². The molecule has 21 heavy (non-hydrogen) atoms. The highest BCUT2D eigenvalue weighted by atomic mass is 32.1. The Bertz CT molecular complexity index is 718. The Morgan fingerprint density at radius 3 is 2.71 bits per heavy atom. The van der Waals surface area contributed by atoms with Crippen LogP contribution < -0.4 is 10.6 Å². The number of nitrogens with two attached hydrogens (primary N) is 1. The first-order chi connectivity index (χ1) is 10.3. The number of benzene rings is 1. The van der Waals surface area contributed by atoms with Gasteiger partial charge in [-0.15, -0.1) is 11.3 Å². The molecular formula is C17H19N3S. The Labute approximate surface area is 129 Å². The second kappa shape index (κ2) is 6.14. The van der Waals surface area contributed by atoms with E-state index in [1.807, 2.05) is 18.3 Å². The number of hydrogen-bond donors (Lipinski definition) is 1. The normalized spacial score (nSPS) is 10.9. The number of hydrogen-bond acceptors (Lipinski definition) is 4. The Kier molecular flexibility index (Phi) is 4.06. The molecule has 3 rings (SSSR count). The van der Waals surface area contributed by atoms with E-state index in [2.05, 4.69) is 46.5 Å². The molecule has 1 aromatic carbocycles. The predicted octanol–water partition coefficient (Wildman–Crippen LogP) is 4.30. The fourth-order valence-corrected chi connectivity index (χ4v) is 3.28. The van der Waals surface area contributed by atoms with Gasteiger partial charge in [-0.3, -0.25) is 0 Å². The highest BCUT2D eigenvalue weighted by Gasteiger charge is 2.12. The topological polar surface area (TPSA) is 42.1 Å². The number of aromatic nitrogens is 1. The second-order valence-electron chi connectivity index (χ2n) is 5.13. The lowest BCUT2D eigenvalue weighted by atomic mass is 10.2. The quantitative estimate of drug-likeness (QED) is 0.714. The first kappa shape index (κ1) is 13.9. The van der Waals surface area contributed by atoms with Crippen LogP contribution in [-0.4, -0.2) is 11.5 Å². The Morgan fingerprint density at radius 1 is 1.14 bits per heavy atom. The third-order valence-corrected chi connectivity index (χ3v) is 4.39. The van der Waals surface area contributed by atoms with Gasteiger partial charge >= 0.3 is 0 Å². The molecule has 0 radical (unpaired) electrons. The molecule has 0 spiro atoms. The van der Waals surface area contributed by atoms with E-state index in [9.17, 15) is 0 Å². The van der Waals surface area contributed by atoms with Crippen molar-refractivity contribution in [3.8, 4) is 0 Å². The van der Waals surface area contributed by atoms with Gasteiger partial charge in [-0.25, -0.2) is 4.98 Å². The van der Waals surface area contributed by atoms with Gasteiger partial charge in [0.15, 0.2) is 0 Å². The zero-order chi connectivity index (χ0) is 14.7. The first-order valence-corrected chi connectivity index (χ1v) is 8.07. The highest BCUT2D eigenvalue weighted by molar-refractivity contribution is 7.17. The van der Waals surface area contributed by atoms with Crippen molar-refractivity contribution < 1.29 is 0 Å². The Hall–Kier alpha value is -2.07. The predicted molar refractivity (Wildman–Crippen MR) is 91.8 cm³/mol. The van der Waals surface area contributed by atoms with E-state index in [1.165, 1.54) is 15.6 Å². The maximum absolute atomic E-state index is 5.76. The summed E-state index contributed by atoms with van der Waals surface area (Å²) in [5, 5.41) is 3.37. The van der Waals surface area contributed by atoms with Crippen LogP contribution in [0.4, 0.5) is 11.5 Å². The van der Waals surface area contributed by atoms with Gasteiger partial charge in [-0.2, -0.15) is 0 Å². The van der Waals surface area contributed by atoms with Gasteiger partial charge in [0, 0.05) is 35.1 Å². The van der Waals surface area contributed by atoms with Crippen molar-refractivity contribution in [2.24, 2.45) is 0 Å². The van der Waals surface area contributed by atoms with Crippen LogP contribution in [0.25, 0.3) is 10.1 Å². The van der Waals surface area contributed by atoms with Crippen molar-refractivity contribution in [2.75, 3.05) is 17.2 Å². The molecule has 2 heterocycles. The van der Waals surface area contributed by atoms with Gasteiger partial charge in [-0.1, -0.05) is 19.1 Å². The van der Waals surface area contributed by atoms with Crippen molar-refractivity contribution in [3.05, 3.63) is 53.5 Å². The molecule has 0 aliphatic heterocycles. The number of nitrogen functional groups attached to an aromatic ring is 1. The van der Waals surface area contributed by atoms with E-state index in [0.29, 0.717) is 0 Å². The van der Waals surface area contributed by atoms with E-state index < -0.39 is 0 Å². The number of pyridine rings is 1. The smallest absolute Gasteiger partial charge is 0.137 e. The molecule has 3 aromatic rings. The molecule has 0 saturated carbocycles. The molecule has 0 aliphatic carbocycles. The fourth-order valence-electron chi connectivity index (χ4n) is 2.51. The summed E-state index contributed by atoms with van der Waals surface area (Å²) in [5.41, 5.74) is 7.82. The molecule has 0 amide bonds. The molecule has 4 heteroatoms. The van der Waals surface area contributed by atoms with Crippen LogP contribution in [0.5, 0.6) is 0 Å². The molecule has 0 saturated heterocycles. The lowest BCUT2D eigenvalue weighted by Crippen LogP contribution is -2.24. The third-order valence-electron chi connectivity index (χ3n) is 3.51. The summed E-state index contributed by atoms with van der Waals surface area (Å²) in [7, 11) is 0. The molecule has 2 N–H and O–H groups in total. The maximum atomic E-state index is 5.76. The summed E-state index contributed by atoms with van der Waals surface area (Å²) in [5.74, 6) is 1.08. The van der Waals surface area contributed by atoms with Crippen molar-refractivity contribution in [1.82, 2.24) is 4.98 Å². The minimum absolute atomic E-state index is 0.804. The number of fused-ring (bicyclic) bond motifs is 1. The van der Waals surface area contributed by atoms with Crippen LogP contribution in [0.15, 0.2) is 48.0 Å². The van der Waals surface area contributed by atoms with E-state index in [1.54, 1.807) is 11.3 Å². The molecule has 108 valence electrons. The monoisotopic (exact) mass is 297 g/mol. The van der Waals surface area contributed by atoms with Gasteiger partial charge in [0.25, 0.3) is 0 Å². The van der Waals surface area contributed by atoms with Crippen molar-refractivity contribution in [2.45, 2.75) is 19.9 Å². The van der Waals surface area contributed by atoms with Crippen LogP contribution in [0.1, 0.15) is 18.9 Å². The van der Waals surface area contributed by atoms with Crippen molar-refractivity contribution in [3.63, 3.8) is 0 Å². The van der Waals surface area contributed by atoms with Crippen molar-refractivity contribution in [1.29, 1.82) is 0 Å². The third kappa shape index (κ3) is 3.00. The molecule has 0 fully saturated rings. The van der Waals surface area contributed by atoms with Gasteiger partial charge in [0.1, 0.15) is 5.82 Å². The lowest BCUT2D eigenvalue weighted by Gasteiger charge is -2.24. The SMILES string of the molecule is CCCN(Cc1ccc(N)cc1)c1nccc2sccc12. The van der Waals surface area contributed by atoms with Gasteiger partial charge < -0.3 is 10.6 Å². The zero-order valence-corrected chi connectivity index (χ0v) is 12.9. The molecule has 2 aromatic heterocycles. The molecule has 0 unspecified atom stereocenters. The molecular weight excluding hydrogens is 278 g/mol. The Balaban J connectivity index is 1.93. The van der Waals surface area contributed by atoms with E-state index >= 15 is 0 Å². The van der Waals surface area contributed by atoms with Gasteiger partial charge in [0.2, 0.25) is 0 Å². The maximum Gasteiger partial charge on any atom is 0.137 e. The number of thiophene rings is 1. The van der Waals surface area contributed by atoms with Crippen molar-refractivity contribution >= 4 is 32.9 Å². The second-order valence-corrected chi connectivity index (χ2v) is 6.08. The number of anilines is 2. The summed E-state index contributed by atoms with van der Waals surface area (Å²) in [6.45, 7) is 4.05. The van der Waals surface area contributed by atoms with Gasteiger partial charge in [-0.05, 0) is 41.6 Å². The minimum atomic E-state index is 0.804. The highest BCUT2D eigenvalue weighted by Crippen LogP contribution is 2.29. The summed E-state index contributed by atoms with van der Waals surface area (Å²) in [6, 6.07) is 12.3. The van der Waals surface area contributed by atoms with Crippen LogP contribution >= 0.6 is 11.3 Å². The standard InChI is InChI=1S/C17H19N3S/c1-2-10-20(12-13-3-5-14(18)6-4-13)17-15-8-11-21-16(15)7-9-19-17/h3-9,11H,2,10,12,18H2,1H3. The van der Waals surface area contributed by atoms with Crippen LogP contribution in [0.2, 0.25) is 0 Å². The summed E-state index contributed by atoms with van der Waals surface area (Å²) >= 11 is 1.76. The molecule has 3 nitrogen and oxygen atoms in total. The van der Waals surface area contributed by atoms with Crippen LogP contribution in [-0.2, 0) is 6.54 Å². The van der Waals surface area contributed by atoms with E-state index in [0.717, 1.165) is 31.0 Å². The summed E-state index contributed by atoms with van der Waals surface area (Å²) < 4.78 is 1.29. The Morgan fingerprint density at radius 2 is 1.95 bits per heavy atom. The number of nitrogens with zero attached hydrogens (tertiary/aromatic N) is 2. The minimum Gasteiger partial charge on any atom is -0.399 e. The van der Waals surface area contributed by atoms with Gasteiger partial charge in [0.05, 0.1) is 0 Å².